The van der Waals surface area contributed by atoms with Gasteiger partial charge in [0.25, 0.3) is 0 Å². The Bertz CT molecular complexity index is 2500. The summed E-state index contributed by atoms with van der Waals surface area (Å²) < 4.78 is 3.29. The first-order valence-corrected chi connectivity index (χ1v) is 17.7. The summed E-state index contributed by atoms with van der Waals surface area (Å²) in [6.45, 7) is 4.00. The molecule has 0 saturated carbocycles. The second-order valence-electron chi connectivity index (χ2n) is 12.1. The zero-order valence-electron chi connectivity index (χ0n) is 28.1. The molecule has 7 heteroatoms. The SMILES string of the molecule is CC.Oc1c(O)c(O)c(-c2ccccc2-c2cccc(-n3c4ccccc4c4ccc(C5=CCCC=C5c5cccc(Br)c5)cc43)c2)c(O)c1O. The normalized spacial score (nSPS) is 12.7. The van der Waals surface area contributed by atoms with E-state index in [0.717, 1.165) is 55.9 Å². The number of hydrogen-bond acceptors (Lipinski definition) is 5. The first kappa shape index (κ1) is 33.6. The number of benzene rings is 6. The van der Waals surface area contributed by atoms with Crippen LogP contribution < -0.4 is 0 Å². The van der Waals surface area contributed by atoms with Crippen LogP contribution in [0.4, 0.5) is 0 Å². The molecule has 0 amide bonds. The maximum atomic E-state index is 10.8. The van der Waals surface area contributed by atoms with Gasteiger partial charge in [0.2, 0.25) is 17.2 Å². The van der Waals surface area contributed by atoms with E-state index in [1.54, 1.807) is 12.1 Å². The highest BCUT2D eigenvalue weighted by atomic mass is 79.9. The number of phenolic OH excluding ortho intramolecular Hbond substituents is 5. The van der Waals surface area contributed by atoms with Gasteiger partial charge in [-0.15, -0.1) is 0 Å². The highest BCUT2D eigenvalue weighted by Gasteiger charge is 2.26. The fourth-order valence-electron chi connectivity index (χ4n) is 7.00. The summed E-state index contributed by atoms with van der Waals surface area (Å²) in [4.78, 5) is 0. The topological polar surface area (TPSA) is 106 Å². The molecule has 0 radical (unpaired) electrons. The van der Waals surface area contributed by atoms with Crippen LogP contribution in [0.2, 0.25) is 0 Å². The van der Waals surface area contributed by atoms with Crippen LogP contribution in [-0.4, -0.2) is 30.1 Å². The van der Waals surface area contributed by atoms with E-state index in [-0.39, 0.29) is 5.56 Å². The van der Waals surface area contributed by atoms with Gasteiger partial charge in [-0.1, -0.05) is 121 Å². The van der Waals surface area contributed by atoms with Crippen LogP contribution in [0.15, 0.2) is 132 Å². The molecule has 0 saturated heterocycles. The molecule has 7 aromatic rings. The molecule has 8 rings (SSSR count). The van der Waals surface area contributed by atoms with Crippen molar-refractivity contribution in [2.45, 2.75) is 26.7 Å². The van der Waals surface area contributed by atoms with E-state index in [1.165, 1.54) is 16.7 Å². The number of aromatic hydroxyl groups is 5. The molecule has 51 heavy (non-hydrogen) atoms. The largest absolute Gasteiger partial charge is 0.504 e. The van der Waals surface area contributed by atoms with Crippen molar-refractivity contribution in [1.82, 2.24) is 4.57 Å². The summed E-state index contributed by atoms with van der Waals surface area (Å²) in [5.41, 5.74) is 9.29. The maximum Gasteiger partial charge on any atom is 0.208 e. The number of halogens is 1. The monoisotopic (exact) mass is 737 g/mol. The van der Waals surface area contributed by atoms with Gasteiger partial charge in [-0.05, 0) is 88.2 Å². The van der Waals surface area contributed by atoms with Crippen molar-refractivity contribution in [2.75, 3.05) is 0 Å². The van der Waals surface area contributed by atoms with Crippen molar-refractivity contribution < 1.29 is 25.5 Å². The standard InChI is InChI=1S/C42H30BrNO5.C2H6/c43-27-11-7-9-24(21-27)29-13-1-2-14-30(29)26-19-20-33-32-16-5-6-18-35(32)44(36(33)23-26)28-12-8-10-25(22-28)31-15-3-4-17-34(31)37-38(45)40(47)42(49)41(48)39(37)46;1-2/h3-23,45-49H,1-2H2;1-2H3. The number of hydrogen-bond donors (Lipinski definition) is 5. The molecule has 1 aliphatic carbocycles. The zero-order chi connectivity index (χ0) is 35.8. The quantitative estimate of drug-likeness (QED) is 0.0893. The molecule has 0 atom stereocenters. The molecule has 254 valence electrons. The Labute approximate surface area is 304 Å². The van der Waals surface area contributed by atoms with Gasteiger partial charge >= 0.3 is 0 Å². The lowest BCUT2D eigenvalue weighted by Crippen LogP contribution is -1.98. The molecule has 5 N–H and O–H groups in total. The van der Waals surface area contributed by atoms with Gasteiger partial charge in [-0.3, -0.25) is 0 Å². The molecule has 6 nitrogen and oxygen atoms in total. The minimum atomic E-state index is -0.993. The Balaban J connectivity index is 0.00000200. The van der Waals surface area contributed by atoms with E-state index in [1.807, 2.05) is 68.4 Å². The van der Waals surface area contributed by atoms with Gasteiger partial charge in [0.05, 0.1) is 16.6 Å². The summed E-state index contributed by atoms with van der Waals surface area (Å²) in [6.07, 6.45) is 6.60. The van der Waals surface area contributed by atoms with Crippen molar-refractivity contribution in [2.24, 2.45) is 0 Å². The number of nitrogens with zero attached hydrogens (tertiary/aromatic N) is 1. The Morgan fingerprint density at radius 2 is 1.06 bits per heavy atom. The van der Waals surface area contributed by atoms with Crippen LogP contribution in [0.3, 0.4) is 0 Å². The summed E-state index contributed by atoms with van der Waals surface area (Å²) in [6, 6.07) is 38.4. The molecule has 1 aromatic heterocycles. The molecule has 0 spiro atoms. The van der Waals surface area contributed by atoms with Crippen LogP contribution in [0.5, 0.6) is 28.7 Å². The lowest BCUT2D eigenvalue weighted by Gasteiger charge is -2.18. The van der Waals surface area contributed by atoms with Gasteiger partial charge in [0.1, 0.15) is 0 Å². The number of para-hydroxylation sites is 1. The van der Waals surface area contributed by atoms with E-state index in [9.17, 15) is 25.5 Å². The van der Waals surface area contributed by atoms with E-state index < -0.39 is 28.7 Å². The number of phenols is 5. The van der Waals surface area contributed by atoms with Crippen molar-refractivity contribution in [3.05, 3.63) is 143 Å². The van der Waals surface area contributed by atoms with Gasteiger partial charge in [0.15, 0.2) is 11.5 Å². The maximum absolute atomic E-state index is 10.8. The smallest absolute Gasteiger partial charge is 0.208 e. The second kappa shape index (κ2) is 13.8. The van der Waals surface area contributed by atoms with Gasteiger partial charge in [-0.25, -0.2) is 0 Å². The zero-order valence-corrected chi connectivity index (χ0v) is 29.7. The summed E-state index contributed by atoms with van der Waals surface area (Å²) >= 11 is 3.64. The first-order valence-electron chi connectivity index (χ1n) is 16.9. The van der Waals surface area contributed by atoms with Crippen LogP contribution in [0, 0.1) is 0 Å². The molecular weight excluding hydrogens is 702 g/mol. The molecule has 0 fully saturated rings. The predicted octanol–water partition coefficient (Wildman–Crippen LogP) is 11.7. The van der Waals surface area contributed by atoms with Gasteiger partial charge in [0, 0.05) is 20.9 Å². The highest BCUT2D eigenvalue weighted by molar-refractivity contribution is 9.10. The van der Waals surface area contributed by atoms with Crippen molar-refractivity contribution >= 4 is 48.9 Å². The molecule has 1 heterocycles. The fourth-order valence-corrected chi connectivity index (χ4v) is 7.40. The fraction of sp³-hybridized carbons (Fsp3) is 0.0909. The molecular formula is C44H36BrNO5. The third kappa shape index (κ3) is 5.79. The Kier molecular flexibility index (Phi) is 9.06. The van der Waals surface area contributed by atoms with E-state index in [2.05, 4.69) is 81.2 Å². The Hall–Kier alpha value is -5.92. The van der Waals surface area contributed by atoms with E-state index in [4.69, 9.17) is 0 Å². The molecule has 0 bridgehead atoms. The van der Waals surface area contributed by atoms with Crippen molar-refractivity contribution in [1.29, 1.82) is 0 Å². The highest BCUT2D eigenvalue weighted by Crippen LogP contribution is 2.56. The Morgan fingerprint density at radius 3 is 1.76 bits per heavy atom. The number of aromatic nitrogens is 1. The number of fused-ring (bicyclic) bond motifs is 3. The minimum Gasteiger partial charge on any atom is -0.504 e. The minimum absolute atomic E-state index is 0.189. The van der Waals surface area contributed by atoms with Crippen LogP contribution in [0.25, 0.3) is 60.9 Å². The number of allylic oxidation sites excluding steroid dienone is 4. The lowest BCUT2D eigenvalue weighted by molar-refractivity contribution is 0.330. The second-order valence-corrected chi connectivity index (χ2v) is 13.0. The van der Waals surface area contributed by atoms with E-state index in [0.29, 0.717) is 11.1 Å². The average molecular weight is 739 g/mol. The third-order valence-corrected chi connectivity index (χ3v) is 9.75. The van der Waals surface area contributed by atoms with Crippen LogP contribution >= 0.6 is 15.9 Å². The predicted molar refractivity (Wildman–Crippen MR) is 211 cm³/mol. The van der Waals surface area contributed by atoms with Gasteiger partial charge < -0.3 is 30.1 Å². The van der Waals surface area contributed by atoms with Crippen molar-refractivity contribution in [3.8, 4) is 56.7 Å². The summed E-state index contributed by atoms with van der Waals surface area (Å²) in [5.74, 6) is -4.30. The summed E-state index contributed by atoms with van der Waals surface area (Å²) in [7, 11) is 0. The van der Waals surface area contributed by atoms with Crippen LogP contribution in [0.1, 0.15) is 37.8 Å². The molecule has 0 aliphatic heterocycles. The van der Waals surface area contributed by atoms with E-state index >= 15 is 0 Å². The molecule has 0 unspecified atom stereocenters. The first-order chi connectivity index (χ1) is 24.8. The van der Waals surface area contributed by atoms with Crippen molar-refractivity contribution in [3.63, 3.8) is 0 Å². The summed E-state index contributed by atoms with van der Waals surface area (Å²) in [5, 5.41) is 54.5. The van der Waals surface area contributed by atoms with Gasteiger partial charge in [-0.2, -0.15) is 0 Å². The molecule has 1 aliphatic rings. The Morgan fingerprint density at radius 1 is 0.490 bits per heavy atom. The third-order valence-electron chi connectivity index (χ3n) is 9.26. The lowest BCUT2D eigenvalue weighted by atomic mass is 9.87. The molecule has 6 aromatic carbocycles. The average Bonchev–Trinajstić information content (AvgIpc) is 3.51. The van der Waals surface area contributed by atoms with Crippen LogP contribution in [-0.2, 0) is 0 Å². The number of rotatable bonds is 5.